The molecule has 2 atom stereocenters. The molecule has 78 valence electrons. The molecule has 1 N–H and O–H groups in total. The maximum Gasteiger partial charge on any atom is 0.0706 e. The Labute approximate surface area is 86.5 Å². The largest absolute Gasteiger partial charge is 0.392 e. The Morgan fingerprint density at radius 2 is 2.08 bits per heavy atom. The van der Waals surface area contributed by atoms with Crippen LogP contribution >= 0.6 is 11.6 Å². The zero-order chi connectivity index (χ0) is 9.84. The van der Waals surface area contributed by atoms with Crippen LogP contribution in [0.15, 0.2) is 0 Å². The first kappa shape index (κ1) is 11.3. The number of aliphatic hydroxyl groups excluding tert-OH is 1. The van der Waals surface area contributed by atoms with Crippen molar-refractivity contribution < 1.29 is 5.11 Å². The van der Waals surface area contributed by atoms with Gasteiger partial charge in [0.15, 0.2) is 0 Å². The minimum absolute atomic E-state index is 0.0269. The lowest BCUT2D eigenvalue weighted by atomic mass is 9.73. The molecule has 0 amide bonds. The van der Waals surface area contributed by atoms with Crippen molar-refractivity contribution in [2.24, 2.45) is 11.8 Å². The lowest BCUT2D eigenvalue weighted by Gasteiger charge is -2.34. The molecule has 1 nitrogen and oxygen atoms in total. The van der Waals surface area contributed by atoms with Crippen molar-refractivity contribution in [1.82, 2.24) is 0 Å². The molecule has 0 aliphatic heterocycles. The minimum Gasteiger partial charge on any atom is -0.392 e. The summed E-state index contributed by atoms with van der Waals surface area (Å²) >= 11 is 6.04. The summed E-state index contributed by atoms with van der Waals surface area (Å²) in [6.07, 6.45) is 5.20. The number of halogens is 1. The van der Waals surface area contributed by atoms with Crippen molar-refractivity contribution in [2.75, 3.05) is 0 Å². The highest BCUT2D eigenvalue weighted by molar-refractivity contribution is 6.21. The summed E-state index contributed by atoms with van der Waals surface area (Å²) < 4.78 is 0. The van der Waals surface area contributed by atoms with Gasteiger partial charge in [0.2, 0.25) is 0 Å². The summed E-state index contributed by atoms with van der Waals surface area (Å²) in [6, 6.07) is 0. The third-order valence-corrected chi connectivity index (χ3v) is 3.54. The molecule has 1 rings (SSSR count). The number of alkyl halides is 1. The van der Waals surface area contributed by atoms with E-state index in [-0.39, 0.29) is 11.5 Å². The van der Waals surface area contributed by atoms with E-state index in [1.54, 1.807) is 0 Å². The quantitative estimate of drug-likeness (QED) is 0.682. The fourth-order valence-electron chi connectivity index (χ4n) is 2.22. The SMILES string of the molecule is CCCC(Cl)[C@@H](O)CC1CC(C)C1. The normalized spacial score (nSPS) is 32.3. The molecule has 1 fully saturated rings. The van der Waals surface area contributed by atoms with Crippen molar-refractivity contribution >= 4 is 11.6 Å². The van der Waals surface area contributed by atoms with Gasteiger partial charge in [0.25, 0.3) is 0 Å². The van der Waals surface area contributed by atoms with E-state index < -0.39 is 0 Å². The van der Waals surface area contributed by atoms with Gasteiger partial charge < -0.3 is 5.11 Å². The second kappa shape index (κ2) is 5.21. The molecule has 1 saturated carbocycles. The summed E-state index contributed by atoms with van der Waals surface area (Å²) in [6.45, 7) is 4.38. The van der Waals surface area contributed by atoms with Gasteiger partial charge in [-0.1, -0.05) is 20.3 Å². The fourth-order valence-corrected chi connectivity index (χ4v) is 2.54. The molecule has 0 radical (unpaired) electrons. The monoisotopic (exact) mass is 204 g/mol. The standard InChI is InChI=1S/C11H21ClO/c1-3-4-10(12)11(13)7-9-5-8(2)6-9/h8-11,13H,3-7H2,1-2H3/t8?,9?,10?,11-/m0/s1. The molecule has 1 aliphatic rings. The van der Waals surface area contributed by atoms with Gasteiger partial charge in [-0.15, -0.1) is 11.6 Å². The van der Waals surface area contributed by atoms with Crippen LogP contribution in [0, 0.1) is 11.8 Å². The van der Waals surface area contributed by atoms with Gasteiger partial charge in [-0.2, -0.15) is 0 Å². The summed E-state index contributed by atoms with van der Waals surface area (Å²) in [7, 11) is 0. The predicted octanol–water partition coefficient (Wildman–Crippen LogP) is 3.19. The molecular formula is C11H21ClO. The molecule has 13 heavy (non-hydrogen) atoms. The van der Waals surface area contributed by atoms with E-state index in [2.05, 4.69) is 13.8 Å². The fraction of sp³-hybridized carbons (Fsp3) is 1.00. The molecular weight excluding hydrogens is 184 g/mol. The van der Waals surface area contributed by atoms with Gasteiger partial charge in [0.05, 0.1) is 11.5 Å². The summed E-state index contributed by atoms with van der Waals surface area (Å²) in [5.74, 6) is 1.61. The third kappa shape index (κ3) is 3.47. The molecule has 0 aromatic rings. The molecule has 0 heterocycles. The maximum absolute atomic E-state index is 9.74. The zero-order valence-corrected chi connectivity index (χ0v) is 9.43. The molecule has 0 bridgehead atoms. The second-order valence-electron chi connectivity index (χ2n) is 4.55. The van der Waals surface area contributed by atoms with Crippen LogP contribution < -0.4 is 0 Å². The van der Waals surface area contributed by atoms with Crippen LogP contribution in [0.4, 0.5) is 0 Å². The van der Waals surface area contributed by atoms with Crippen LogP contribution in [0.5, 0.6) is 0 Å². The number of rotatable bonds is 5. The third-order valence-electron chi connectivity index (χ3n) is 3.03. The minimum atomic E-state index is -0.279. The second-order valence-corrected chi connectivity index (χ2v) is 5.11. The molecule has 1 aliphatic carbocycles. The first-order chi connectivity index (χ1) is 6.13. The van der Waals surface area contributed by atoms with E-state index in [1.807, 2.05) is 0 Å². The Bertz CT molecular complexity index is 143. The number of aliphatic hydroxyl groups is 1. The lowest BCUT2D eigenvalue weighted by molar-refractivity contribution is 0.0892. The van der Waals surface area contributed by atoms with Crippen molar-refractivity contribution in [3.8, 4) is 0 Å². The van der Waals surface area contributed by atoms with Crippen LogP contribution in [0.2, 0.25) is 0 Å². The average Bonchev–Trinajstić information content (AvgIpc) is 2.02. The van der Waals surface area contributed by atoms with E-state index in [1.165, 1.54) is 12.8 Å². The van der Waals surface area contributed by atoms with Crippen molar-refractivity contribution in [3.05, 3.63) is 0 Å². The number of hydrogen-bond acceptors (Lipinski definition) is 1. The topological polar surface area (TPSA) is 20.2 Å². The van der Waals surface area contributed by atoms with Gasteiger partial charge in [0.1, 0.15) is 0 Å². The highest BCUT2D eigenvalue weighted by Gasteiger charge is 2.29. The van der Waals surface area contributed by atoms with E-state index in [9.17, 15) is 5.11 Å². The summed E-state index contributed by atoms with van der Waals surface area (Å²) in [4.78, 5) is 0. The highest BCUT2D eigenvalue weighted by atomic mass is 35.5. The summed E-state index contributed by atoms with van der Waals surface area (Å²) in [5.41, 5.74) is 0. The van der Waals surface area contributed by atoms with Gasteiger partial charge in [-0.05, 0) is 37.5 Å². The first-order valence-corrected chi connectivity index (χ1v) is 5.89. The zero-order valence-electron chi connectivity index (χ0n) is 8.67. The van der Waals surface area contributed by atoms with Crippen LogP contribution in [0.1, 0.15) is 46.0 Å². The van der Waals surface area contributed by atoms with Crippen LogP contribution in [-0.4, -0.2) is 16.6 Å². The number of hydrogen-bond donors (Lipinski definition) is 1. The van der Waals surface area contributed by atoms with Crippen LogP contribution in [0.3, 0.4) is 0 Å². The Balaban J connectivity index is 2.13. The summed E-state index contributed by atoms with van der Waals surface area (Å²) in [5, 5.41) is 9.71. The maximum atomic E-state index is 9.74. The van der Waals surface area contributed by atoms with E-state index in [0.29, 0.717) is 0 Å². The molecule has 0 aromatic carbocycles. The van der Waals surface area contributed by atoms with E-state index in [0.717, 1.165) is 31.1 Å². The smallest absolute Gasteiger partial charge is 0.0706 e. The van der Waals surface area contributed by atoms with Gasteiger partial charge in [0, 0.05) is 0 Å². The van der Waals surface area contributed by atoms with Crippen LogP contribution in [0.25, 0.3) is 0 Å². The van der Waals surface area contributed by atoms with Crippen LogP contribution in [-0.2, 0) is 0 Å². The van der Waals surface area contributed by atoms with Gasteiger partial charge >= 0.3 is 0 Å². The van der Waals surface area contributed by atoms with Gasteiger partial charge in [-0.3, -0.25) is 0 Å². The van der Waals surface area contributed by atoms with Crippen molar-refractivity contribution in [2.45, 2.75) is 57.4 Å². The molecule has 2 heteroatoms. The Morgan fingerprint density at radius 1 is 1.46 bits per heavy atom. The predicted molar refractivity (Wildman–Crippen MR) is 57.1 cm³/mol. The van der Waals surface area contributed by atoms with Crippen molar-refractivity contribution in [1.29, 1.82) is 0 Å². The van der Waals surface area contributed by atoms with Crippen molar-refractivity contribution in [3.63, 3.8) is 0 Å². The lowest BCUT2D eigenvalue weighted by Crippen LogP contribution is -2.30. The molecule has 0 spiro atoms. The molecule has 0 aromatic heterocycles. The van der Waals surface area contributed by atoms with Gasteiger partial charge in [-0.25, -0.2) is 0 Å². The Hall–Kier alpha value is 0.250. The Kier molecular flexibility index (Phi) is 4.54. The highest BCUT2D eigenvalue weighted by Crippen LogP contribution is 2.37. The Morgan fingerprint density at radius 3 is 2.54 bits per heavy atom. The average molecular weight is 205 g/mol. The molecule has 0 saturated heterocycles. The first-order valence-electron chi connectivity index (χ1n) is 5.45. The molecule has 1 unspecified atom stereocenters. The van der Waals surface area contributed by atoms with E-state index >= 15 is 0 Å². The van der Waals surface area contributed by atoms with E-state index in [4.69, 9.17) is 11.6 Å².